The summed E-state index contributed by atoms with van der Waals surface area (Å²) in [5.74, 6) is -0.691. The normalized spacial score (nSPS) is 15.7. The zero-order valence-corrected chi connectivity index (χ0v) is 25.1. The van der Waals surface area contributed by atoms with Crippen LogP contribution in [-0.2, 0) is 42.1 Å². The highest BCUT2D eigenvalue weighted by atomic mass is 32.2. The van der Waals surface area contributed by atoms with Crippen molar-refractivity contribution >= 4 is 21.9 Å². The summed E-state index contributed by atoms with van der Waals surface area (Å²) in [6.45, 7) is 1.48. The molecule has 11 nitrogen and oxygen atoms in total. The Morgan fingerprint density at radius 3 is 2.14 bits per heavy atom. The van der Waals surface area contributed by atoms with Crippen LogP contribution >= 0.6 is 0 Å². The predicted molar refractivity (Wildman–Crippen MR) is 159 cm³/mol. The van der Waals surface area contributed by atoms with Gasteiger partial charge in [-0.25, -0.2) is 13.2 Å². The summed E-state index contributed by atoms with van der Waals surface area (Å²) < 4.78 is 49.0. The van der Waals surface area contributed by atoms with Gasteiger partial charge in [-0.15, -0.1) is 0 Å². The Labute approximate surface area is 251 Å². The Hall–Kier alpha value is -3.97. The van der Waals surface area contributed by atoms with Crippen LogP contribution in [0.15, 0.2) is 71.6 Å². The van der Waals surface area contributed by atoms with E-state index in [-0.39, 0.29) is 17.9 Å². The molecular formula is C31H36N2O9S. The molecule has 0 spiro atoms. The van der Waals surface area contributed by atoms with Crippen molar-refractivity contribution in [3.63, 3.8) is 0 Å². The number of aliphatic carboxylic acids is 1. The number of nitrogens with one attached hydrogen (secondary N) is 1. The predicted octanol–water partition coefficient (Wildman–Crippen LogP) is 3.11. The number of methoxy groups -OCH3 is 3. The van der Waals surface area contributed by atoms with E-state index in [2.05, 4.69) is 5.32 Å². The highest BCUT2D eigenvalue weighted by Gasteiger charge is 2.43. The maximum atomic E-state index is 13.0. The second kappa shape index (κ2) is 14.5. The number of hydrogen-bond donors (Lipinski definition) is 2. The van der Waals surface area contributed by atoms with Crippen LogP contribution in [0.1, 0.15) is 17.5 Å². The van der Waals surface area contributed by atoms with Crippen molar-refractivity contribution in [2.24, 2.45) is 0 Å². The third kappa shape index (κ3) is 7.52. The molecule has 43 heavy (non-hydrogen) atoms. The van der Waals surface area contributed by atoms with Crippen molar-refractivity contribution in [2.45, 2.75) is 36.4 Å². The number of carboxylic acid groups (broad SMARTS) is 1. The molecular weight excluding hydrogens is 576 g/mol. The van der Waals surface area contributed by atoms with Gasteiger partial charge in [0.15, 0.2) is 0 Å². The molecule has 1 aliphatic heterocycles. The molecule has 0 aliphatic carbocycles. The molecule has 230 valence electrons. The third-order valence-electron chi connectivity index (χ3n) is 7.19. The highest BCUT2D eigenvalue weighted by molar-refractivity contribution is 7.89. The minimum Gasteiger partial charge on any atom is -0.496 e. The van der Waals surface area contributed by atoms with E-state index < -0.39 is 34.0 Å². The summed E-state index contributed by atoms with van der Waals surface area (Å²) in [5.41, 5.74) is 3.05. The standard InChI is InChI=1S/C31H36N2O9S/c1-39-15-16-42-20-22-18-27(40-2)29(28(19-22)41-3)23-11-9-21(10-12-23)17-25(31(35)36)32-30(34)26-13-14-33(26)43(37,38)24-7-5-4-6-8-24/h4-12,18-19,25-26H,13-17,20H2,1-3H3,(H,32,34)(H,35,36)/t25?,26-/m0/s1. The molecule has 1 amide bonds. The topological polar surface area (TPSA) is 141 Å². The Balaban J connectivity index is 1.46. The molecule has 2 atom stereocenters. The SMILES string of the molecule is COCCOCc1cc(OC)c(-c2ccc(CC(NC(=O)[C@@H]3CCN3S(=O)(=O)c3ccccc3)C(=O)O)cc2)c(OC)c1. The molecule has 3 aromatic rings. The molecule has 1 aliphatic rings. The molecule has 1 unspecified atom stereocenters. The van der Waals surface area contributed by atoms with Crippen LogP contribution in [-0.4, -0.2) is 82.9 Å². The molecule has 0 radical (unpaired) electrons. The zero-order valence-electron chi connectivity index (χ0n) is 24.3. The van der Waals surface area contributed by atoms with Gasteiger partial charge in [-0.05, 0) is 47.4 Å². The second-order valence-corrected chi connectivity index (χ2v) is 11.8. The second-order valence-electron chi connectivity index (χ2n) is 9.95. The molecule has 3 aromatic carbocycles. The molecule has 1 heterocycles. The minimum atomic E-state index is -3.87. The van der Waals surface area contributed by atoms with E-state index in [0.717, 1.165) is 21.0 Å². The van der Waals surface area contributed by atoms with Crippen LogP contribution in [0.25, 0.3) is 11.1 Å². The fourth-order valence-electron chi connectivity index (χ4n) is 4.82. The van der Waals surface area contributed by atoms with Crippen LogP contribution in [0.3, 0.4) is 0 Å². The first-order valence-electron chi connectivity index (χ1n) is 13.7. The van der Waals surface area contributed by atoms with Gasteiger partial charge in [-0.2, -0.15) is 4.31 Å². The number of ether oxygens (including phenoxy) is 4. The number of benzene rings is 3. The zero-order chi connectivity index (χ0) is 31.0. The van der Waals surface area contributed by atoms with Gasteiger partial charge in [0.05, 0.1) is 44.5 Å². The van der Waals surface area contributed by atoms with Crippen molar-refractivity contribution in [1.82, 2.24) is 9.62 Å². The molecule has 0 aromatic heterocycles. The van der Waals surface area contributed by atoms with Gasteiger partial charge in [0.1, 0.15) is 23.6 Å². The van der Waals surface area contributed by atoms with Gasteiger partial charge in [0.25, 0.3) is 0 Å². The van der Waals surface area contributed by atoms with E-state index in [1.54, 1.807) is 51.7 Å². The van der Waals surface area contributed by atoms with Crippen LogP contribution < -0.4 is 14.8 Å². The Kier molecular flexibility index (Phi) is 10.8. The quantitative estimate of drug-likeness (QED) is 0.248. The maximum Gasteiger partial charge on any atom is 0.326 e. The van der Waals surface area contributed by atoms with E-state index in [1.807, 2.05) is 24.3 Å². The summed E-state index contributed by atoms with van der Waals surface area (Å²) in [7, 11) is 0.870. The third-order valence-corrected chi connectivity index (χ3v) is 9.11. The van der Waals surface area contributed by atoms with Crippen molar-refractivity contribution in [2.75, 3.05) is 41.1 Å². The summed E-state index contributed by atoms with van der Waals surface area (Å²) in [6.07, 6.45) is 0.312. The van der Waals surface area contributed by atoms with E-state index in [4.69, 9.17) is 18.9 Å². The Morgan fingerprint density at radius 2 is 1.60 bits per heavy atom. The molecule has 1 fully saturated rings. The van der Waals surface area contributed by atoms with Crippen molar-refractivity contribution in [1.29, 1.82) is 0 Å². The Bertz CT molecular complexity index is 1490. The highest BCUT2D eigenvalue weighted by Crippen LogP contribution is 2.40. The van der Waals surface area contributed by atoms with Crippen LogP contribution in [0, 0.1) is 0 Å². The summed E-state index contributed by atoms with van der Waals surface area (Å²) in [6, 6.07) is 16.6. The van der Waals surface area contributed by atoms with Gasteiger partial charge < -0.3 is 29.4 Å². The maximum absolute atomic E-state index is 13.0. The van der Waals surface area contributed by atoms with E-state index in [0.29, 0.717) is 43.3 Å². The van der Waals surface area contributed by atoms with Crippen molar-refractivity contribution in [3.05, 3.63) is 77.9 Å². The first-order chi connectivity index (χ1) is 20.7. The first-order valence-corrected chi connectivity index (χ1v) is 15.1. The van der Waals surface area contributed by atoms with Crippen LogP contribution in [0.4, 0.5) is 0 Å². The largest absolute Gasteiger partial charge is 0.496 e. The van der Waals surface area contributed by atoms with Crippen LogP contribution in [0.2, 0.25) is 0 Å². The monoisotopic (exact) mass is 612 g/mol. The van der Waals surface area contributed by atoms with E-state index >= 15 is 0 Å². The van der Waals surface area contributed by atoms with Gasteiger partial charge in [-0.1, -0.05) is 42.5 Å². The van der Waals surface area contributed by atoms with Crippen molar-refractivity contribution in [3.8, 4) is 22.6 Å². The summed E-state index contributed by atoms with van der Waals surface area (Å²) in [4.78, 5) is 25.2. The average Bonchev–Trinajstić information content (AvgIpc) is 2.98. The number of carbonyl (C=O) groups excluding carboxylic acids is 1. The Morgan fingerprint density at radius 1 is 0.953 bits per heavy atom. The molecule has 4 rings (SSSR count). The number of amides is 1. The van der Waals surface area contributed by atoms with Gasteiger partial charge in [0, 0.05) is 20.1 Å². The fourth-order valence-corrected chi connectivity index (χ4v) is 6.47. The van der Waals surface area contributed by atoms with Crippen LogP contribution in [0.5, 0.6) is 11.5 Å². The smallest absolute Gasteiger partial charge is 0.326 e. The number of carbonyl (C=O) groups is 2. The number of sulfonamides is 1. The number of nitrogens with zero attached hydrogens (tertiary/aromatic N) is 1. The summed E-state index contributed by atoms with van der Waals surface area (Å²) >= 11 is 0. The van der Waals surface area contributed by atoms with Gasteiger partial charge in [-0.3, -0.25) is 4.79 Å². The molecule has 2 N–H and O–H groups in total. The number of hydrogen-bond acceptors (Lipinski definition) is 8. The molecule has 12 heteroatoms. The van der Waals surface area contributed by atoms with Crippen molar-refractivity contribution < 1.29 is 42.1 Å². The lowest BCUT2D eigenvalue weighted by Crippen LogP contribution is -2.60. The van der Waals surface area contributed by atoms with E-state index in [1.165, 1.54) is 12.1 Å². The van der Waals surface area contributed by atoms with E-state index in [9.17, 15) is 23.1 Å². The lowest BCUT2D eigenvalue weighted by atomic mass is 9.97. The average molecular weight is 613 g/mol. The molecule has 0 bridgehead atoms. The molecule has 0 saturated carbocycles. The first kappa shape index (κ1) is 32.0. The van der Waals surface area contributed by atoms with Gasteiger partial charge in [0.2, 0.25) is 15.9 Å². The lowest BCUT2D eigenvalue weighted by molar-refractivity contribution is -0.143. The molecule has 1 saturated heterocycles. The number of carboxylic acids is 1. The van der Waals surface area contributed by atoms with Gasteiger partial charge >= 0.3 is 5.97 Å². The fraction of sp³-hybridized carbons (Fsp3) is 0.355. The minimum absolute atomic E-state index is 0.00549. The lowest BCUT2D eigenvalue weighted by Gasteiger charge is -2.38. The summed E-state index contributed by atoms with van der Waals surface area (Å²) in [5, 5.41) is 12.4. The number of rotatable bonds is 15.